The number of carbonyl (C=O) groups excluding carboxylic acids is 1. The van der Waals surface area contributed by atoms with Gasteiger partial charge in [-0.25, -0.2) is 9.97 Å². The molecule has 4 aromatic rings. The van der Waals surface area contributed by atoms with Crippen molar-refractivity contribution in [1.82, 2.24) is 20.3 Å². The van der Waals surface area contributed by atoms with Gasteiger partial charge in [0.15, 0.2) is 0 Å². The number of benzene rings is 2. The van der Waals surface area contributed by atoms with Gasteiger partial charge in [0, 0.05) is 36.1 Å². The summed E-state index contributed by atoms with van der Waals surface area (Å²) >= 11 is 0. The number of rotatable bonds is 4. The summed E-state index contributed by atoms with van der Waals surface area (Å²) in [6, 6.07) is 14.9. The van der Waals surface area contributed by atoms with Crippen LogP contribution in [0.4, 0.5) is 0 Å². The third kappa shape index (κ3) is 6.87. The monoisotopic (exact) mass is 430 g/mol. The summed E-state index contributed by atoms with van der Waals surface area (Å²) in [4.78, 5) is 23.7. The Balaban J connectivity index is 0.000000387. The number of hydrogen-bond donors (Lipinski definition) is 1. The lowest BCUT2D eigenvalue weighted by atomic mass is 10.1. The van der Waals surface area contributed by atoms with Crippen LogP contribution in [-0.4, -0.2) is 27.4 Å². The zero-order valence-corrected chi connectivity index (χ0v) is 19.3. The molecule has 0 aliphatic rings. The molecular weight excluding hydrogens is 400 g/mol. The molecule has 0 radical (unpaired) electrons. The molecular formula is C26H30N4O2. The van der Waals surface area contributed by atoms with Crippen molar-refractivity contribution in [2.24, 2.45) is 0 Å². The van der Waals surface area contributed by atoms with E-state index in [-0.39, 0.29) is 5.91 Å². The summed E-state index contributed by atoms with van der Waals surface area (Å²) in [6.45, 7) is 10.6. The zero-order chi connectivity index (χ0) is 23.3. The summed E-state index contributed by atoms with van der Waals surface area (Å²) in [6.07, 6.45) is 6.61. The second kappa shape index (κ2) is 12.8. The van der Waals surface area contributed by atoms with Gasteiger partial charge in [0.25, 0.3) is 5.91 Å². The highest BCUT2D eigenvalue weighted by Crippen LogP contribution is 2.30. The van der Waals surface area contributed by atoms with E-state index in [9.17, 15) is 4.79 Å². The summed E-state index contributed by atoms with van der Waals surface area (Å²) < 4.78 is 6.04. The smallest absolute Gasteiger partial charge is 0.251 e. The summed E-state index contributed by atoms with van der Waals surface area (Å²) in [5.41, 5.74) is 3.87. The Bertz CT molecular complexity index is 1100. The summed E-state index contributed by atoms with van der Waals surface area (Å²) in [7, 11) is 0. The number of nitrogens with one attached hydrogen (secondary N) is 1. The van der Waals surface area contributed by atoms with E-state index in [4.69, 9.17) is 4.74 Å². The average Bonchev–Trinajstić information content (AvgIpc) is 2.83. The summed E-state index contributed by atoms with van der Waals surface area (Å²) in [5.74, 6) is 1.26. The first-order valence-corrected chi connectivity index (χ1v) is 10.7. The Morgan fingerprint density at radius 3 is 2.28 bits per heavy atom. The molecule has 6 nitrogen and oxygen atoms in total. The van der Waals surface area contributed by atoms with Gasteiger partial charge in [-0.05, 0) is 74.4 Å². The highest BCUT2D eigenvalue weighted by molar-refractivity contribution is 5.94. The van der Waals surface area contributed by atoms with E-state index in [2.05, 4.69) is 46.2 Å². The molecule has 2 heterocycles. The molecule has 0 atom stereocenters. The Morgan fingerprint density at radius 1 is 0.938 bits per heavy atom. The van der Waals surface area contributed by atoms with E-state index in [1.165, 1.54) is 17.5 Å². The van der Waals surface area contributed by atoms with E-state index in [1.807, 2.05) is 39.0 Å². The van der Waals surface area contributed by atoms with Crippen molar-refractivity contribution < 1.29 is 9.53 Å². The fourth-order valence-electron chi connectivity index (χ4n) is 2.81. The molecule has 0 bridgehead atoms. The molecule has 0 saturated heterocycles. The highest BCUT2D eigenvalue weighted by atomic mass is 16.5. The fourth-order valence-corrected chi connectivity index (χ4v) is 2.81. The SMILES string of the molecule is CC.CCNC(=O)c1cccc(Oc2ccnc3cc(C)c(C)cc23)c1.c1cncnc1. The number of aryl methyl sites for hydroxylation is 2. The topological polar surface area (TPSA) is 77.0 Å². The molecule has 0 fully saturated rings. The van der Waals surface area contributed by atoms with Crippen LogP contribution in [0.1, 0.15) is 42.3 Å². The normalized spacial score (nSPS) is 9.66. The second-order valence-corrected chi connectivity index (χ2v) is 6.66. The van der Waals surface area contributed by atoms with E-state index < -0.39 is 0 Å². The van der Waals surface area contributed by atoms with Gasteiger partial charge in [0.2, 0.25) is 0 Å². The molecule has 0 saturated carbocycles. The van der Waals surface area contributed by atoms with Gasteiger partial charge in [-0.15, -0.1) is 0 Å². The largest absolute Gasteiger partial charge is 0.457 e. The number of amides is 1. The van der Waals surface area contributed by atoms with Gasteiger partial charge in [0.1, 0.15) is 17.8 Å². The maximum absolute atomic E-state index is 12.0. The van der Waals surface area contributed by atoms with Crippen molar-refractivity contribution in [3.8, 4) is 11.5 Å². The van der Waals surface area contributed by atoms with Crippen LogP contribution in [0, 0.1) is 13.8 Å². The lowest BCUT2D eigenvalue weighted by molar-refractivity contribution is 0.0955. The molecule has 6 heteroatoms. The minimum absolute atomic E-state index is 0.103. The minimum atomic E-state index is -0.103. The number of hydrogen-bond acceptors (Lipinski definition) is 5. The molecule has 4 rings (SSSR count). The summed E-state index contributed by atoms with van der Waals surface area (Å²) in [5, 5.41) is 3.75. The highest BCUT2D eigenvalue weighted by Gasteiger charge is 2.09. The van der Waals surface area contributed by atoms with Crippen LogP contribution in [0.3, 0.4) is 0 Å². The van der Waals surface area contributed by atoms with Crippen LogP contribution in [0.5, 0.6) is 11.5 Å². The Morgan fingerprint density at radius 2 is 1.66 bits per heavy atom. The molecule has 32 heavy (non-hydrogen) atoms. The van der Waals surface area contributed by atoms with Crippen LogP contribution >= 0.6 is 0 Å². The number of carbonyl (C=O) groups is 1. The van der Waals surface area contributed by atoms with Gasteiger partial charge in [-0.2, -0.15) is 0 Å². The molecule has 166 valence electrons. The van der Waals surface area contributed by atoms with Crippen LogP contribution in [0.15, 0.2) is 73.4 Å². The lowest BCUT2D eigenvalue weighted by Gasteiger charge is -2.11. The number of nitrogens with zero attached hydrogens (tertiary/aromatic N) is 3. The molecule has 1 N–H and O–H groups in total. The quantitative estimate of drug-likeness (QED) is 0.436. The van der Waals surface area contributed by atoms with Crippen molar-refractivity contribution in [3.05, 3.63) is 90.1 Å². The first-order chi connectivity index (χ1) is 15.6. The van der Waals surface area contributed by atoms with Crippen LogP contribution < -0.4 is 10.1 Å². The minimum Gasteiger partial charge on any atom is -0.457 e. The number of aromatic nitrogens is 3. The average molecular weight is 431 g/mol. The molecule has 0 unspecified atom stereocenters. The zero-order valence-electron chi connectivity index (χ0n) is 19.3. The van der Waals surface area contributed by atoms with E-state index in [1.54, 1.807) is 36.8 Å². The van der Waals surface area contributed by atoms with E-state index >= 15 is 0 Å². The fraction of sp³-hybridized carbons (Fsp3) is 0.231. The second-order valence-electron chi connectivity index (χ2n) is 6.66. The van der Waals surface area contributed by atoms with Crippen LogP contribution in [0.2, 0.25) is 0 Å². The Labute approximate surface area is 189 Å². The van der Waals surface area contributed by atoms with Crippen LogP contribution in [0.25, 0.3) is 10.9 Å². The van der Waals surface area contributed by atoms with Gasteiger partial charge < -0.3 is 10.1 Å². The Kier molecular flexibility index (Phi) is 9.78. The van der Waals surface area contributed by atoms with Crippen molar-refractivity contribution >= 4 is 16.8 Å². The molecule has 0 spiro atoms. The van der Waals surface area contributed by atoms with Gasteiger partial charge in [-0.3, -0.25) is 9.78 Å². The molecule has 2 aromatic carbocycles. The first-order valence-electron chi connectivity index (χ1n) is 10.7. The third-order valence-corrected chi connectivity index (χ3v) is 4.46. The third-order valence-electron chi connectivity index (χ3n) is 4.46. The van der Waals surface area contributed by atoms with E-state index in [0.717, 1.165) is 16.7 Å². The van der Waals surface area contributed by atoms with Crippen LogP contribution in [-0.2, 0) is 0 Å². The molecule has 0 aliphatic heterocycles. The maximum atomic E-state index is 12.0. The standard InChI is InChI=1S/C20H20N2O2.C4H4N2.C2H6/c1-4-21-20(23)15-6-5-7-16(12-15)24-19-8-9-22-18-11-14(3)13(2)10-17(18)19;1-2-5-4-6-3-1;1-2/h5-12H,4H2,1-3H3,(H,21,23);1-4H;1-2H3. The Hall–Kier alpha value is -3.80. The van der Waals surface area contributed by atoms with Crippen molar-refractivity contribution in [1.29, 1.82) is 0 Å². The van der Waals surface area contributed by atoms with Crippen molar-refractivity contribution in [2.45, 2.75) is 34.6 Å². The predicted molar refractivity (Wildman–Crippen MR) is 129 cm³/mol. The molecule has 1 amide bonds. The van der Waals surface area contributed by atoms with Gasteiger partial charge in [0.05, 0.1) is 5.52 Å². The first kappa shape index (κ1) is 24.5. The van der Waals surface area contributed by atoms with E-state index in [0.29, 0.717) is 17.9 Å². The molecule has 2 aromatic heterocycles. The van der Waals surface area contributed by atoms with Crippen molar-refractivity contribution in [3.63, 3.8) is 0 Å². The number of ether oxygens (including phenoxy) is 1. The number of pyridine rings is 1. The number of fused-ring (bicyclic) bond motifs is 1. The lowest BCUT2D eigenvalue weighted by Crippen LogP contribution is -2.22. The maximum Gasteiger partial charge on any atom is 0.251 e. The van der Waals surface area contributed by atoms with Gasteiger partial charge in [-0.1, -0.05) is 19.9 Å². The van der Waals surface area contributed by atoms with Gasteiger partial charge >= 0.3 is 0 Å². The molecule has 0 aliphatic carbocycles. The van der Waals surface area contributed by atoms with Crippen molar-refractivity contribution in [2.75, 3.05) is 6.54 Å². The predicted octanol–water partition coefficient (Wildman–Crippen LogP) is 5.90.